The van der Waals surface area contributed by atoms with E-state index in [0.29, 0.717) is 6.54 Å². The molecule has 0 bridgehead atoms. The zero-order chi connectivity index (χ0) is 17.3. The summed E-state index contributed by atoms with van der Waals surface area (Å²) >= 11 is 1.57. The number of β-amino-alcohol motifs (C(OH)–C–C–N with tert-alkyl or cyclic N) is 1. The van der Waals surface area contributed by atoms with E-state index in [0.717, 1.165) is 10.7 Å². The Morgan fingerprint density at radius 3 is 2.67 bits per heavy atom. The number of aliphatic hydroxyl groups is 1. The highest BCUT2D eigenvalue weighted by Crippen LogP contribution is 2.24. The van der Waals surface area contributed by atoms with Gasteiger partial charge in [0.2, 0.25) is 10.0 Å². The molecule has 1 aromatic carbocycles. The molecule has 0 amide bonds. The van der Waals surface area contributed by atoms with Crippen molar-refractivity contribution in [3.05, 3.63) is 46.4 Å². The molecule has 1 aliphatic heterocycles. The van der Waals surface area contributed by atoms with Crippen LogP contribution in [0.4, 0.5) is 0 Å². The Morgan fingerprint density at radius 1 is 1.33 bits per heavy atom. The zero-order valence-corrected chi connectivity index (χ0v) is 15.3. The predicted molar refractivity (Wildman–Crippen MR) is 93.3 cm³/mol. The summed E-state index contributed by atoms with van der Waals surface area (Å²) in [6, 6.07) is 8.10. The molecule has 0 saturated carbocycles. The monoisotopic (exact) mass is 367 g/mol. The molecule has 1 saturated heterocycles. The van der Waals surface area contributed by atoms with Crippen molar-refractivity contribution in [2.24, 2.45) is 0 Å². The van der Waals surface area contributed by atoms with Gasteiger partial charge in [-0.05, 0) is 26.1 Å². The first-order valence-electron chi connectivity index (χ1n) is 7.72. The molecule has 2 heterocycles. The fraction of sp³-hybridized carbons (Fsp3) is 0.438. The average Bonchev–Trinajstić information content (AvgIpc) is 3.14. The summed E-state index contributed by atoms with van der Waals surface area (Å²) in [5, 5.41) is 13.3. The Hall–Kier alpha value is -1.32. The fourth-order valence-corrected chi connectivity index (χ4v) is 5.24. The Bertz CT molecular complexity index is 792. The second-order valence-electron chi connectivity index (χ2n) is 6.07. The van der Waals surface area contributed by atoms with Crippen LogP contribution in [0.1, 0.15) is 10.7 Å². The molecular formula is C16H21N3O3S2. The minimum Gasteiger partial charge on any atom is -0.390 e. The lowest BCUT2D eigenvalue weighted by Gasteiger charge is -2.25. The Morgan fingerprint density at radius 2 is 2.04 bits per heavy atom. The minimum atomic E-state index is -3.57. The molecule has 24 heavy (non-hydrogen) atoms. The van der Waals surface area contributed by atoms with E-state index in [9.17, 15) is 13.5 Å². The van der Waals surface area contributed by atoms with Gasteiger partial charge in [-0.2, -0.15) is 4.31 Å². The topological polar surface area (TPSA) is 73.7 Å². The number of thiazole rings is 1. The van der Waals surface area contributed by atoms with Crippen LogP contribution in [0.15, 0.2) is 40.6 Å². The van der Waals surface area contributed by atoms with Crippen molar-refractivity contribution in [2.75, 3.05) is 20.1 Å². The molecule has 130 valence electrons. The number of sulfonamides is 1. The normalized spacial score (nSPS) is 22.3. The van der Waals surface area contributed by atoms with Crippen LogP contribution in [0.5, 0.6) is 0 Å². The van der Waals surface area contributed by atoms with E-state index >= 15 is 0 Å². The molecule has 0 aliphatic carbocycles. The molecule has 1 aliphatic rings. The molecule has 2 aromatic rings. The van der Waals surface area contributed by atoms with E-state index in [4.69, 9.17) is 0 Å². The summed E-state index contributed by atoms with van der Waals surface area (Å²) in [6.45, 7) is 2.93. The van der Waals surface area contributed by atoms with Crippen LogP contribution in [0.2, 0.25) is 0 Å². The highest BCUT2D eigenvalue weighted by molar-refractivity contribution is 7.89. The number of benzene rings is 1. The van der Waals surface area contributed by atoms with Gasteiger partial charge in [0.1, 0.15) is 5.01 Å². The Labute approximate surface area is 146 Å². The lowest BCUT2D eigenvalue weighted by atomic mass is 10.2. The number of aliphatic hydroxyl groups excluding tert-OH is 1. The molecular weight excluding hydrogens is 346 g/mol. The molecule has 2 atom stereocenters. The first kappa shape index (κ1) is 17.5. The van der Waals surface area contributed by atoms with Crippen molar-refractivity contribution in [3.8, 4) is 0 Å². The molecule has 3 rings (SSSR count). The quantitative estimate of drug-likeness (QED) is 0.863. The SMILES string of the molecule is Cc1csc(CN(C)[C@H]2CN(S(=O)(=O)c3ccccc3)C[C@@H]2O)n1. The predicted octanol–water partition coefficient (Wildman–Crippen LogP) is 1.32. The number of aromatic nitrogens is 1. The lowest BCUT2D eigenvalue weighted by molar-refractivity contribution is 0.0953. The number of likely N-dealkylation sites (N-methyl/N-ethyl adjacent to an activating group) is 1. The van der Waals surface area contributed by atoms with Gasteiger partial charge < -0.3 is 5.11 Å². The minimum absolute atomic E-state index is 0.114. The lowest BCUT2D eigenvalue weighted by Crippen LogP contribution is -2.40. The largest absolute Gasteiger partial charge is 0.390 e. The number of hydrogen-bond donors (Lipinski definition) is 1. The number of rotatable bonds is 5. The van der Waals surface area contributed by atoms with Gasteiger partial charge in [0, 0.05) is 24.2 Å². The van der Waals surface area contributed by atoms with Crippen LogP contribution < -0.4 is 0 Å². The molecule has 1 fully saturated rings. The van der Waals surface area contributed by atoms with Crippen molar-refractivity contribution in [1.82, 2.24) is 14.2 Å². The van der Waals surface area contributed by atoms with Crippen LogP contribution in [-0.4, -0.2) is 60.0 Å². The third-order valence-corrected chi connectivity index (χ3v) is 7.02. The van der Waals surface area contributed by atoms with E-state index in [1.807, 2.05) is 24.3 Å². The van der Waals surface area contributed by atoms with Crippen molar-refractivity contribution in [2.45, 2.75) is 30.5 Å². The van der Waals surface area contributed by atoms with Crippen molar-refractivity contribution in [1.29, 1.82) is 0 Å². The maximum Gasteiger partial charge on any atom is 0.243 e. The molecule has 0 radical (unpaired) electrons. The Kier molecular flexibility index (Phi) is 5.03. The smallest absolute Gasteiger partial charge is 0.243 e. The third kappa shape index (κ3) is 3.52. The third-order valence-electron chi connectivity index (χ3n) is 4.22. The molecule has 8 heteroatoms. The highest BCUT2D eigenvalue weighted by Gasteiger charge is 2.40. The van der Waals surface area contributed by atoms with Gasteiger partial charge in [-0.3, -0.25) is 4.90 Å². The molecule has 1 N–H and O–H groups in total. The van der Waals surface area contributed by atoms with E-state index in [-0.39, 0.29) is 24.0 Å². The number of nitrogens with zero attached hydrogens (tertiary/aromatic N) is 3. The van der Waals surface area contributed by atoms with Crippen molar-refractivity contribution < 1.29 is 13.5 Å². The first-order chi connectivity index (χ1) is 11.4. The summed E-state index contributed by atoms with van der Waals surface area (Å²) in [6.07, 6.45) is -0.713. The standard InChI is InChI=1S/C16H21N3O3S2/c1-12-11-23-16(17-12)10-18(2)14-8-19(9-15(14)20)24(21,22)13-6-4-3-5-7-13/h3-7,11,14-15,20H,8-10H2,1-2H3/t14-,15-/m0/s1. The van der Waals surface area contributed by atoms with E-state index < -0.39 is 16.1 Å². The molecule has 1 aromatic heterocycles. The van der Waals surface area contributed by atoms with Gasteiger partial charge in [-0.15, -0.1) is 11.3 Å². The molecule has 0 unspecified atom stereocenters. The van der Waals surface area contributed by atoms with Crippen molar-refractivity contribution in [3.63, 3.8) is 0 Å². The van der Waals surface area contributed by atoms with E-state index in [1.165, 1.54) is 4.31 Å². The number of aryl methyl sites for hydroxylation is 1. The van der Waals surface area contributed by atoms with Gasteiger partial charge in [-0.25, -0.2) is 13.4 Å². The van der Waals surface area contributed by atoms with Crippen LogP contribution in [-0.2, 0) is 16.6 Å². The maximum atomic E-state index is 12.7. The van der Waals surface area contributed by atoms with Crippen LogP contribution >= 0.6 is 11.3 Å². The van der Waals surface area contributed by atoms with Crippen molar-refractivity contribution >= 4 is 21.4 Å². The van der Waals surface area contributed by atoms with E-state index in [1.54, 1.807) is 41.7 Å². The van der Waals surface area contributed by atoms with Gasteiger partial charge in [0.15, 0.2) is 0 Å². The molecule has 0 spiro atoms. The summed E-state index contributed by atoms with van der Waals surface area (Å²) in [5.41, 5.74) is 0.976. The molecule has 6 nitrogen and oxygen atoms in total. The Balaban J connectivity index is 1.72. The van der Waals surface area contributed by atoms with Gasteiger partial charge in [-0.1, -0.05) is 18.2 Å². The van der Waals surface area contributed by atoms with Gasteiger partial charge in [0.05, 0.1) is 23.6 Å². The average molecular weight is 367 g/mol. The zero-order valence-electron chi connectivity index (χ0n) is 13.7. The van der Waals surface area contributed by atoms with Crippen LogP contribution in [0.3, 0.4) is 0 Å². The second-order valence-corrected chi connectivity index (χ2v) is 8.95. The number of hydrogen-bond acceptors (Lipinski definition) is 6. The van der Waals surface area contributed by atoms with Crippen LogP contribution in [0, 0.1) is 6.92 Å². The second kappa shape index (κ2) is 6.89. The summed E-state index contributed by atoms with van der Waals surface area (Å²) < 4.78 is 26.8. The summed E-state index contributed by atoms with van der Waals surface area (Å²) in [5.74, 6) is 0. The summed E-state index contributed by atoms with van der Waals surface area (Å²) in [7, 11) is -1.68. The fourth-order valence-electron chi connectivity index (χ4n) is 2.91. The van der Waals surface area contributed by atoms with Gasteiger partial charge >= 0.3 is 0 Å². The highest BCUT2D eigenvalue weighted by atomic mass is 32.2. The van der Waals surface area contributed by atoms with E-state index in [2.05, 4.69) is 4.98 Å². The maximum absolute atomic E-state index is 12.7. The van der Waals surface area contributed by atoms with Crippen LogP contribution in [0.25, 0.3) is 0 Å². The first-order valence-corrected chi connectivity index (χ1v) is 10.0. The summed E-state index contributed by atoms with van der Waals surface area (Å²) in [4.78, 5) is 6.66. The van der Waals surface area contributed by atoms with Gasteiger partial charge in [0.25, 0.3) is 0 Å².